The SMILES string of the molecule is CCN(CC)c1ccc(C(=O)Nc2ccc(-c3nc4ccccc4s3)cc2)cc1. The van der Waals surface area contributed by atoms with Crippen LogP contribution in [0.25, 0.3) is 20.8 Å². The molecule has 4 nitrogen and oxygen atoms in total. The average Bonchev–Trinajstić information content (AvgIpc) is 3.20. The number of hydrogen-bond donors (Lipinski definition) is 1. The fourth-order valence-electron chi connectivity index (χ4n) is 3.31. The van der Waals surface area contributed by atoms with Crippen molar-refractivity contribution in [2.24, 2.45) is 0 Å². The van der Waals surface area contributed by atoms with Crippen LogP contribution >= 0.6 is 11.3 Å². The number of nitrogens with zero attached hydrogens (tertiary/aromatic N) is 2. The number of para-hydroxylation sites is 1. The normalized spacial score (nSPS) is 10.8. The summed E-state index contributed by atoms with van der Waals surface area (Å²) in [6.07, 6.45) is 0. The second-order valence-corrected chi connectivity index (χ2v) is 7.77. The lowest BCUT2D eigenvalue weighted by Gasteiger charge is -2.21. The number of fused-ring (bicyclic) bond motifs is 1. The van der Waals surface area contributed by atoms with E-state index in [2.05, 4.69) is 35.1 Å². The number of hydrogen-bond acceptors (Lipinski definition) is 4. The topological polar surface area (TPSA) is 45.2 Å². The predicted molar refractivity (Wildman–Crippen MR) is 123 cm³/mol. The first-order chi connectivity index (χ1) is 14.2. The average molecular weight is 402 g/mol. The lowest BCUT2D eigenvalue weighted by atomic mass is 10.1. The van der Waals surface area contributed by atoms with Gasteiger partial charge in [0, 0.05) is 35.6 Å². The van der Waals surface area contributed by atoms with E-state index in [0.29, 0.717) is 5.56 Å². The number of thiazole rings is 1. The Morgan fingerprint density at radius 2 is 1.62 bits per heavy atom. The molecule has 146 valence electrons. The van der Waals surface area contributed by atoms with E-state index >= 15 is 0 Å². The molecule has 1 aromatic heterocycles. The number of anilines is 2. The van der Waals surface area contributed by atoms with Crippen LogP contribution in [0.3, 0.4) is 0 Å². The van der Waals surface area contributed by atoms with Gasteiger partial charge in [0.15, 0.2) is 0 Å². The molecule has 1 N–H and O–H groups in total. The van der Waals surface area contributed by atoms with Gasteiger partial charge in [0.1, 0.15) is 5.01 Å². The van der Waals surface area contributed by atoms with Crippen molar-refractivity contribution in [3.05, 3.63) is 78.4 Å². The Bertz CT molecular complexity index is 1080. The molecule has 0 saturated carbocycles. The van der Waals surface area contributed by atoms with Crippen molar-refractivity contribution in [3.63, 3.8) is 0 Å². The van der Waals surface area contributed by atoms with Gasteiger partial charge in [-0.2, -0.15) is 0 Å². The van der Waals surface area contributed by atoms with Gasteiger partial charge in [-0.25, -0.2) is 4.98 Å². The fourth-order valence-corrected chi connectivity index (χ4v) is 4.28. The summed E-state index contributed by atoms with van der Waals surface area (Å²) in [4.78, 5) is 19.5. The van der Waals surface area contributed by atoms with Crippen molar-refractivity contribution in [1.82, 2.24) is 4.98 Å². The molecule has 0 unspecified atom stereocenters. The summed E-state index contributed by atoms with van der Waals surface area (Å²) in [6.45, 7) is 6.15. The van der Waals surface area contributed by atoms with E-state index in [1.165, 1.54) is 4.70 Å². The summed E-state index contributed by atoms with van der Waals surface area (Å²) < 4.78 is 1.17. The third kappa shape index (κ3) is 4.15. The molecule has 0 bridgehead atoms. The van der Waals surface area contributed by atoms with Gasteiger partial charge in [-0.1, -0.05) is 12.1 Å². The Labute approximate surface area is 174 Å². The zero-order valence-electron chi connectivity index (χ0n) is 16.6. The Hall–Kier alpha value is -3.18. The summed E-state index contributed by atoms with van der Waals surface area (Å²) in [5, 5.41) is 3.95. The number of amides is 1. The highest BCUT2D eigenvalue weighted by Crippen LogP contribution is 2.30. The number of nitrogens with one attached hydrogen (secondary N) is 1. The zero-order chi connectivity index (χ0) is 20.2. The molecule has 4 rings (SSSR count). The Kier molecular flexibility index (Phi) is 5.58. The first-order valence-electron chi connectivity index (χ1n) is 9.80. The van der Waals surface area contributed by atoms with E-state index in [-0.39, 0.29) is 5.91 Å². The van der Waals surface area contributed by atoms with Crippen molar-refractivity contribution in [2.75, 3.05) is 23.3 Å². The molecule has 29 heavy (non-hydrogen) atoms. The molecular weight excluding hydrogens is 378 g/mol. The minimum Gasteiger partial charge on any atom is -0.372 e. The van der Waals surface area contributed by atoms with Crippen molar-refractivity contribution in [2.45, 2.75) is 13.8 Å². The molecule has 0 aliphatic carbocycles. The van der Waals surface area contributed by atoms with E-state index in [9.17, 15) is 4.79 Å². The van der Waals surface area contributed by atoms with Gasteiger partial charge < -0.3 is 10.2 Å². The summed E-state index contributed by atoms with van der Waals surface area (Å²) in [5.74, 6) is -0.108. The number of benzene rings is 3. The summed E-state index contributed by atoms with van der Waals surface area (Å²) in [7, 11) is 0. The molecule has 4 aromatic rings. The minimum atomic E-state index is -0.108. The molecule has 5 heteroatoms. The third-order valence-corrected chi connectivity index (χ3v) is 6.03. The molecule has 0 saturated heterocycles. The maximum Gasteiger partial charge on any atom is 0.255 e. The number of carbonyl (C=O) groups is 1. The lowest BCUT2D eigenvalue weighted by molar-refractivity contribution is 0.102. The standard InChI is InChI=1S/C24H23N3OS/c1-3-27(4-2)20-15-11-17(12-16-20)23(28)25-19-13-9-18(10-14-19)24-26-21-7-5-6-8-22(21)29-24/h5-16H,3-4H2,1-2H3,(H,25,28). The van der Waals surface area contributed by atoms with Crippen LogP contribution in [0, 0.1) is 0 Å². The fraction of sp³-hybridized carbons (Fsp3) is 0.167. The Morgan fingerprint density at radius 1 is 0.931 bits per heavy atom. The van der Waals surface area contributed by atoms with Gasteiger partial charge in [0.2, 0.25) is 0 Å². The van der Waals surface area contributed by atoms with Crippen LogP contribution in [0.5, 0.6) is 0 Å². The van der Waals surface area contributed by atoms with Crippen LogP contribution < -0.4 is 10.2 Å². The summed E-state index contributed by atoms with van der Waals surface area (Å²) >= 11 is 1.67. The Morgan fingerprint density at radius 3 is 2.28 bits per heavy atom. The third-order valence-electron chi connectivity index (χ3n) is 4.94. The van der Waals surface area contributed by atoms with Gasteiger partial charge in [-0.05, 0) is 74.5 Å². The zero-order valence-corrected chi connectivity index (χ0v) is 17.4. The molecule has 0 fully saturated rings. The molecule has 0 atom stereocenters. The van der Waals surface area contributed by atoms with E-state index in [4.69, 9.17) is 0 Å². The highest BCUT2D eigenvalue weighted by atomic mass is 32.1. The molecule has 1 heterocycles. The monoisotopic (exact) mass is 401 g/mol. The molecule has 0 aliphatic heterocycles. The van der Waals surface area contributed by atoms with Crippen molar-refractivity contribution in [3.8, 4) is 10.6 Å². The van der Waals surface area contributed by atoms with E-state index < -0.39 is 0 Å². The molecule has 1 amide bonds. The summed E-state index contributed by atoms with van der Waals surface area (Å²) in [5.41, 5.74) is 4.61. The Balaban J connectivity index is 1.46. The smallest absolute Gasteiger partial charge is 0.255 e. The maximum absolute atomic E-state index is 12.6. The molecular formula is C24H23N3OS. The molecule has 3 aromatic carbocycles. The van der Waals surface area contributed by atoms with Crippen LogP contribution in [0.2, 0.25) is 0 Å². The number of rotatable bonds is 6. The summed E-state index contributed by atoms with van der Waals surface area (Å²) in [6, 6.07) is 23.7. The quantitative estimate of drug-likeness (QED) is 0.427. The van der Waals surface area contributed by atoms with Gasteiger partial charge >= 0.3 is 0 Å². The lowest BCUT2D eigenvalue weighted by Crippen LogP contribution is -2.21. The van der Waals surface area contributed by atoms with Crippen LogP contribution in [-0.4, -0.2) is 24.0 Å². The van der Waals surface area contributed by atoms with Crippen LogP contribution in [0.15, 0.2) is 72.8 Å². The maximum atomic E-state index is 12.6. The molecule has 0 aliphatic rings. The van der Waals surface area contributed by atoms with Crippen molar-refractivity contribution < 1.29 is 4.79 Å². The van der Waals surface area contributed by atoms with Gasteiger partial charge in [0.05, 0.1) is 10.2 Å². The van der Waals surface area contributed by atoms with Crippen LogP contribution in [-0.2, 0) is 0 Å². The second-order valence-electron chi connectivity index (χ2n) is 6.74. The van der Waals surface area contributed by atoms with Gasteiger partial charge in [-0.15, -0.1) is 11.3 Å². The minimum absolute atomic E-state index is 0.108. The van der Waals surface area contributed by atoms with Gasteiger partial charge in [0.25, 0.3) is 5.91 Å². The number of carbonyl (C=O) groups excluding carboxylic acids is 1. The molecule has 0 spiro atoms. The molecule has 0 radical (unpaired) electrons. The van der Waals surface area contributed by atoms with Gasteiger partial charge in [-0.3, -0.25) is 4.79 Å². The van der Waals surface area contributed by atoms with Crippen molar-refractivity contribution >= 4 is 38.8 Å². The number of aromatic nitrogens is 1. The first-order valence-corrected chi connectivity index (χ1v) is 10.6. The van der Waals surface area contributed by atoms with E-state index in [1.807, 2.05) is 66.7 Å². The first kappa shape index (κ1) is 19.2. The second kappa shape index (κ2) is 8.45. The highest BCUT2D eigenvalue weighted by molar-refractivity contribution is 7.21. The van der Waals surface area contributed by atoms with Crippen LogP contribution in [0.4, 0.5) is 11.4 Å². The van der Waals surface area contributed by atoms with E-state index in [0.717, 1.165) is 40.6 Å². The van der Waals surface area contributed by atoms with E-state index in [1.54, 1.807) is 11.3 Å². The van der Waals surface area contributed by atoms with Crippen LogP contribution in [0.1, 0.15) is 24.2 Å². The highest BCUT2D eigenvalue weighted by Gasteiger charge is 2.09. The predicted octanol–water partition coefficient (Wildman–Crippen LogP) is 6.06. The largest absolute Gasteiger partial charge is 0.372 e. The van der Waals surface area contributed by atoms with Crippen molar-refractivity contribution in [1.29, 1.82) is 0 Å².